The van der Waals surface area contributed by atoms with Gasteiger partial charge < -0.3 is 4.74 Å². The van der Waals surface area contributed by atoms with Crippen LogP contribution in [0.5, 0.6) is 0 Å². The maximum Gasteiger partial charge on any atom is 0.312 e. The predicted octanol–water partition coefficient (Wildman–Crippen LogP) is 4.82. The first-order valence-electron chi connectivity index (χ1n) is 7.90. The Hall–Kier alpha value is -0.530. The van der Waals surface area contributed by atoms with Crippen LogP contribution in [0.15, 0.2) is 0 Å². The smallest absolute Gasteiger partial charge is 0.312 e. The van der Waals surface area contributed by atoms with E-state index in [2.05, 4.69) is 34.6 Å². The zero-order chi connectivity index (χ0) is 14.8. The zero-order valence-corrected chi connectivity index (χ0v) is 13.9. The summed E-state index contributed by atoms with van der Waals surface area (Å²) in [4.78, 5) is 12.5. The Labute approximate surface area is 119 Å². The number of carbonyl (C=O) groups is 1. The molecule has 3 unspecified atom stereocenters. The van der Waals surface area contributed by atoms with Gasteiger partial charge in [-0.05, 0) is 57.3 Å². The molecule has 2 nitrogen and oxygen atoms in total. The van der Waals surface area contributed by atoms with Gasteiger partial charge in [0, 0.05) is 0 Å². The van der Waals surface area contributed by atoms with Crippen molar-refractivity contribution >= 4 is 5.97 Å². The minimum atomic E-state index is -0.369. The minimum absolute atomic E-state index is 0.0174. The van der Waals surface area contributed by atoms with Crippen LogP contribution in [-0.4, -0.2) is 11.6 Å². The van der Waals surface area contributed by atoms with Gasteiger partial charge in [0.25, 0.3) is 0 Å². The van der Waals surface area contributed by atoms with Gasteiger partial charge >= 0.3 is 5.97 Å². The highest BCUT2D eigenvalue weighted by atomic mass is 16.6. The molecule has 112 valence electrons. The van der Waals surface area contributed by atoms with E-state index < -0.39 is 0 Å². The summed E-state index contributed by atoms with van der Waals surface area (Å²) >= 11 is 0. The van der Waals surface area contributed by atoms with Crippen LogP contribution in [-0.2, 0) is 9.53 Å². The molecule has 0 aromatic carbocycles. The Morgan fingerprint density at radius 1 is 1.37 bits per heavy atom. The van der Waals surface area contributed by atoms with Gasteiger partial charge in [0.05, 0.1) is 5.41 Å². The van der Waals surface area contributed by atoms with Gasteiger partial charge in [-0.15, -0.1) is 0 Å². The van der Waals surface area contributed by atoms with E-state index >= 15 is 0 Å². The van der Waals surface area contributed by atoms with Crippen molar-refractivity contribution in [3.05, 3.63) is 0 Å². The molecule has 1 rings (SSSR count). The second-order valence-corrected chi connectivity index (χ2v) is 7.41. The van der Waals surface area contributed by atoms with Crippen molar-refractivity contribution in [3.63, 3.8) is 0 Å². The zero-order valence-electron chi connectivity index (χ0n) is 13.9. The fourth-order valence-electron chi connectivity index (χ4n) is 3.12. The molecular weight excluding hydrogens is 236 g/mol. The maximum absolute atomic E-state index is 12.5. The number of esters is 1. The highest BCUT2D eigenvalue weighted by molar-refractivity contribution is 5.76. The molecule has 1 saturated carbocycles. The lowest BCUT2D eigenvalue weighted by Gasteiger charge is -2.42. The van der Waals surface area contributed by atoms with Gasteiger partial charge in [-0.1, -0.05) is 34.6 Å². The fourth-order valence-corrected chi connectivity index (χ4v) is 3.12. The third-order valence-electron chi connectivity index (χ3n) is 5.53. The van der Waals surface area contributed by atoms with E-state index in [4.69, 9.17) is 4.74 Å². The first-order valence-corrected chi connectivity index (χ1v) is 7.90. The topological polar surface area (TPSA) is 26.3 Å². The minimum Gasteiger partial charge on any atom is -0.458 e. The van der Waals surface area contributed by atoms with E-state index in [0.717, 1.165) is 12.8 Å². The van der Waals surface area contributed by atoms with Gasteiger partial charge in [0.1, 0.15) is 5.60 Å². The summed E-state index contributed by atoms with van der Waals surface area (Å²) in [5.74, 6) is 1.41. The van der Waals surface area contributed by atoms with Gasteiger partial charge in [-0.3, -0.25) is 4.79 Å². The Morgan fingerprint density at radius 2 is 1.95 bits per heavy atom. The standard InChI is InChI=1S/C17H32O2/c1-8-16(6,7)15(18)19-17(14(5)12(2)3)11-9-10-13(17)4/h12-14H,8-11H2,1-7H3. The molecular formula is C17H32O2. The average molecular weight is 268 g/mol. The number of ether oxygens (including phenoxy) is 1. The number of rotatable bonds is 5. The van der Waals surface area contributed by atoms with Crippen molar-refractivity contribution < 1.29 is 9.53 Å². The normalized spacial score (nSPS) is 29.6. The predicted molar refractivity (Wildman–Crippen MR) is 79.9 cm³/mol. The SMILES string of the molecule is CCC(C)(C)C(=O)OC1(C(C)C(C)C)CCCC1C. The third kappa shape index (κ3) is 3.14. The summed E-state index contributed by atoms with van der Waals surface area (Å²) in [5.41, 5.74) is -0.607. The lowest BCUT2D eigenvalue weighted by molar-refractivity contribution is -0.184. The summed E-state index contributed by atoms with van der Waals surface area (Å²) in [7, 11) is 0. The van der Waals surface area contributed by atoms with Crippen LogP contribution in [0.2, 0.25) is 0 Å². The largest absolute Gasteiger partial charge is 0.458 e. The second-order valence-electron chi connectivity index (χ2n) is 7.41. The highest BCUT2D eigenvalue weighted by Gasteiger charge is 2.50. The molecule has 0 amide bonds. The molecule has 0 spiro atoms. The van der Waals surface area contributed by atoms with Crippen LogP contribution >= 0.6 is 0 Å². The van der Waals surface area contributed by atoms with Crippen molar-refractivity contribution in [2.75, 3.05) is 0 Å². The van der Waals surface area contributed by atoms with Crippen molar-refractivity contribution in [1.29, 1.82) is 0 Å². The van der Waals surface area contributed by atoms with Crippen molar-refractivity contribution in [3.8, 4) is 0 Å². The summed E-state index contributed by atoms with van der Waals surface area (Å²) in [5, 5.41) is 0. The molecule has 0 aromatic heterocycles. The molecule has 1 fully saturated rings. The van der Waals surface area contributed by atoms with Gasteiger partial charge in [0.2, 0.25) is 0 Å². The molecule has 0 radical (unpaired) electrons. The summed E-state index contributed by atoms with van der Waals surface area (Å²) < 4.78 is 6.15. The average Bonchev–Trinajstić information content (AvgIpc) is 2.70. The quantitative estimate of drug-likeness (QED) is 0.668. The first kappa shape index (κ1) is 16.5. The lowest BCUT2D eigenvalue weighted by Crippen LogP contribution is -2.48. The van der Waals surface area contributed by atoms with Crippen LogP contribution in [0.4, 0.5) is 0 Å². The van der Waals surface area contributed by atoms with Gasteiger partial charge in [-0.25, -0.2) is 0 Å². The number of hydrogen-bond donors (Lipinski definition) is 0. The van der Waals surface area contributed by atoms with E-state index in [1.54, 1.807) is 0 Å². The molecule has 1 aliphatic carbocycles. The van der Waals surface area contributed by atoms with Crippen LogP contribution in [0.1, 0.15) is 74.1 Å². The Morgan fingerprint density at radius 3 is 2.32 bits per heavy atom. The van der Waals surface area contributed by atoms with E-state index in [9.17, 15) is 4.79 Å². The molecule has 3 atom stereocenters. The molecule has 0 aromatic rings. The van der Waals surface area contributed by atoms with E-state index in [0.29, 0.717) is 17.8 Å². The first-order chi connectivity index (χ1) is 8.67. The fraction of sp³-hybridized carbons (Fsp3) is 0.941. The number of hydrogen-bond acceptors (Lipinski definition) is 2. The molecule has 0 aliphatic heterocycles. The lowest BCUT2D eigenvalue weighted by atomic mass is 9.74. The van der Waals surface area contributed by atoms with Crippen LogP contribution in [0, 0.1) is 23.2 Å². The maximum atomic E-state index is 12.5. The van der Waals surface area contributed by atoms with Crippen molar-refractivity contribution in [2.45, 2.75) is 79.8 Å². The van der Waals surface area contributed by atoms with Crippen LogP contribution in [0.3, 0.4) is 0 Å². The Bertz CT molecular complexity index is 319. The van der Waals surface area contributed by atoms with Crippen molar-refractivity contribution in [1.82, 2.24) is 0 Å². The number of carbonyl (C=O) groups excluding carboxylic acids is 1. The summed E-state index contributed by atoms with van der Waals surface area (Å²) in [6, 6.07) is 0. The van der Waals surface area contributed by atoms with Crippen molar-refractivity contribution in [2.24, 2.45) is 23.2 Å². The van der Waals surface area contributed by atoms with Crippen LogP contribution < -0.4 is 0 Å². The Balaban J connectivity index is 2.97. The monoisotopic (exact) mass is 268 g/mol. The molecule has 0 heterocycles. The molecule has 0 bridgehead atoms. The summed E-state index contributed by atoms with van der Waals surface area (Å²) in [6.45, 7) is 15.0. The second kappa shape index (κ2) is 5.85. The highest BCUT2D eigenvalue weighted by Crippen LogP contribution is 2.47. The van der Waals surface area contributed by atoms with E-state index in [1.165, 1.54) is 12.8 Å². The molecule has 19 heavy (non-hydrogen) atoms. The molecule has 0 N–H and O–H groups in total. The van der Waals surface area contributed by atoms with E-state index in [1.807, 2.05) is 13.8 Å². The van der Waals surface area contributed by atoms with Gasteiger partial charge in [-0.2, -0.15) is 0 Å². The van der Waals surface area contributed by atoms with Gasteiger partial charge in [0.15, 0.2) is 0 Å². The van der Waals surface area contributed by atoms with E-state index in [-0.39, 0.29) is 17.0 Å². The molecule has 2 heteroatoms. The third-order valence-corrected chi connectivity index (χ3v) is 5.53. The summed E-state index contributed by atoms with van der Waals surface area (Å²) in [6.07, 6.45) is 4.21. The molecule has 0 saturated heterocycles. The van der Waals surface area contributed by atoms with Crippen LogP contribution in [0.25, 0.3) is 0 Å². The molecule has 1 aliphatic rings. The Kier molecular flexibility index (Phi) is 5.08.